The molecule has 2 rings (SSSR count). The van der Waals surface area contributed by atoms with Gasteiger partial charge in [-0.15, -0.1) is 37.1 Å². The van der Waals surface area contributed by atoms with Crippen molar-refractivity contribution >= 4 is 35.6 Å². The first-order valence-corrected chi connectivity index (χ1v) is 7.03. The zero-order valence-corrected chi connectivity index (χ0v) is 14.7. The maximum absolute atomic E-state index is 12.0. The predicted octanol–water partition coefficient (Wildman–Crippen LogP) is 4.43. The molecular weight excluding hydrogens is 422 g/mol. The Labute approximate surface area is 150 Å². The number of ether oxygens (including phenoxy) is 1. The smallest absolute Gasteiger partial charge is 0.406 e. The van der Waals surface area contributed by atoms with Crippen molar-refractivity contribution in [3.8, 4) is 5.75 Å². The van der Waals surface area contributed by atoms with Crippen LogP contribution >= 0.6 is 24.0 Å². The minimum atomic E-state index is -4.69. The van der Waals surface area contributed by atoms with Crippen molar-refractivity contribution < 1.29 is 17.9 Å². The van der Waals surface area contributed by atoms with E-state index in [9.17, 15) is 13.2 Å². The van der Waals surface area contributed by atoms with Gasteiger partial charge in [0.15, 0.2) is 5.96 Å². The van der Waals surface area contributed by atoms with Crippen LogP contribution in [0, 0.1) is 0 Å². The molecule has 23 heavy (non-hydrogen) atoms. The average Bonchev–Trinajstić information content (AvgIpc) is 2.92. The molecule has 128 valence electrons. The molecule has 0 fully saturated rings. The van der Waals surface area contributed by atoms with Gasteiger partial charge in [-0.2, -0.15) is 0 Å². The molecule has 1 aliphatic carbocycles. The molecule has 1 aromatic rings. The van der Waals surface area contributed by atoms with E-state index < -0.39 is 6.36 Å². The molecular formula is C15H19F3IN3O. The summed E-state index contributed by atoms with van der Waals surface area (Å²) >= 11 is 0. The Morgan fingerprint density at radius 1 is 1.26 bits per heavy atom. The maximum Gasteiger partial charge on any atom is 0.573 e. The van der Waals surface area contributed by atoms with Gasteiger partial charge in [-0.3, -0.25) is 4.99 Å². The molecule has 0 atom stereocenters. The summed E-state index contributed by atoms with van der Waals surface area (Å²) in [6.45, 7) is 0.597. The molecule has 0 aliphatic heterocycles. The van der Waals surface area contributed by atoms with Gasteiger partial charge in [0.1, 0.15) is 5.75 Å². The lowest BCUT2D eigenvalue weighted by atomic mass is 10.2. The van der Waals surface area contributed by atoms with Gasteiger partial charge in [0.2, 0.25) is 0 Å². The summed E-state index contributed by atoms with van der Waals surface area (Å²) in [5.41, 5.74) is 7.70. The van der Waals surface area contributed by atoms with E-state index in [2.05, 4.69) is 21.1 Å². The summed E-state index contributed by atoms with van der Waals surface area (Å²) in [6, 6.07) is 5.32. The quantitative estimate of drug-likeness (QED) is 0.308. The van der Waals surface area contributed by atoms with E-state index in [1.807, 2.05) is 0 Å². The zero-order valence-electron chi connectivity index (χ0n) is 12.4. The van der Waals surface area contributed by atoms with E-state index in [1.54, 1.807) is 0 Å². The molecule has 0 radical (unpaired) electrons. The van der Waals surface area contributed by atoms with E-state index in [-0.39, 0.29) is 35.7 Å². The Bertz CT molecular complexity index is 556. The highest BCUT2D eigenvalue weighted by molar-refractivity contribution is 14.0. The van der Waals surface area contributed by atoms with E-state index in [4.69, 9.17) is 5.73 Å². The summed E-state index contributed by atoms with van der Waals surface area (Å²) in [5.74, 6) is -0.0372. The van der Waals surface area contributed by atoms with Crippen molar-refractivity contribution in [2.45, 2.75) is 32.0 Å². The van der Waals surface area contributed by atoms with Gasteiger partial charge in [-0.05, 0) is 49.9 Å². The molecule has 0 saturated carbocycles. The molecule has 3 N–H and O–H groups in total. The number of aliphatic imine (C=N–C) groups is 1. The van der Waals surface area contributed by atoms with Crippen molar-refractivity contribution in [2.24, 2.45) is 10.7 Å². The first-order chi connectivity index (χ1) is 10.4. The molecule has 8 heteroatoms. The molecule has 1 aromatic carbocycles. The number of alkyl halides is 3. The zero-order chi connectivity index (χ0) is 16.0. The van der Waals surface area contributed by atoms with Gasteiger partial charge in [0.25, 0.3) is 0 Å². The van der Waals surface area contributed by atoms with Crippen LogP contribution in [0.2, 0.25) is 0 Å². The fraction of sp³-hybridized carbons (Fsp3) is 0.400. The normalized spacial score (nSPS) is 14.9. The molecule has 0 bridgehead atoms. The second-order valence-electron chi connectivity index (χ2n) is 4.97. The lowest BCUT2D eigenvalue weighted by Gasteiger charge is -2.10. The number of allylic oxidation sites excluding steroid dienone is 1. The van der Waals surface area contributed by atoms with E-state index >= 15 is 0 Å². The van der Waals surface area contributed by atoms with Crippen LogP contribution in [-0.2, 0) is 0 Å². The first kappa shape index (κ1) is 19.6. The van der Waals surface area contributed by atoms with Gasteiger partial charge < -0.3 is 15.8 Å². The molecule has 4 nitrogen and oxygen atoms in total. The van der Waals surface area contributed by atoms with Gasteiger partial charge in [-0.1, -0.05) is 11.6 Å². The highest BCUT2D eigenvalue weighted by Gasteiger charge is 2.30. The summed E-state index contributed by atoms with van der Waals surface area (Å²) in [7, 11) is 0. The number of nitrogens with two attached hydrogens (primary N) is 1. The largest absolute Gasteiger partial charge is 0.573 e. The highest BCUT2D eigenvalue weighted by Crippen LogP contribution is 2.24. The van der Waals surface area contributed by atoms with Crippen LogP contribution in [0.1, 0.15) is 25.7 Å². The Hall–Kier alpha value is -1.45. The monoisotopic (exact) mass is 441 g/mol. The third-order valence-corrected chi connectivity index (χ3v) is 3.21. The number of hydrogen-bond donors (Lipinski definition) is 2. The number of nitrogens with zero attached hydrogens (tertiary/aromatic N) is 1. The van der Waals surface area contributed by atoms with Crippen LogP contribution in [-0.4, -0.2) is 18.9 Å². The van der Waals surface area contributed by atoms with Gasteiger partial charge in [0.05, 0.1) is 0 Å². The van der Waals surface area contributed by atoms with Crippen molar-refractivity contribution in [3.63, 3.8) is 0 Å². The van der Waals surface area contributed by atoms with Crippen molar-refractivity contribution in [2.75, 3.05) is 11.9 Å². The SMILES string of the molecule is I.NC(=NCCC1=CCCC1)Nc1ccc(OC(F)(F)F)cc1. The average molecular weight is 441 g/mol. The predicted molar refractivity (Wildman–Crippen MR) is 95.2 cm³/mol. The standard InChI is InChI=1S/C15H18F3N3O.HI/c16-15(17,18)22-13-7-5-12(6-8-13)21-14(19)20-10-9-11-3-1-2-4-11;/h3,5-8H,1-2,4,9-10H2,(H3,19,20,21);1H. The van der Waals surface area contributed by atoms with Crippen molar-refractivity contribution in [1.82, 2.24) is 0 Å². The fourth-order valence-electron chi connectivity index (χ4n) is 2.21. The lowest BCUT2D eigenvalue weighted by Crippen LogP contribution is -2.23. The van der Waals surface area contributed by atoms with Crippen molar-refractivity contribution in [1.29, 1.82) is 0 Å². The minimum absolute atomic E-state index is 0. The van der Waals surface area contributed by atoms with E-state index in [0.717, 1.165) is 19.3 Å². The number of rotatable bonds is 5. The summed E-state index contributed by atoms with van der Waals surface area (Å²) < 4.78 is 39.9. The summed E-state index contributed by atoms with van der Waals surface area (Å²) in [4.78, 5) is 4.20. The highest BCUT2D eigenvalue weighted by atomic mass is 127. The number of halogens is 4. The molecule has 0 unspecified atom stereocenters. The fourth-order valence-corrected chi connectivity index (χ4v) is 2.21. The second kappa shape index (κ2) is 8.99. The number of anilines is 1. The van der Waals surface area contributed by atoms with Gasteiger partial charge >= 0.3 is 6.36 Å². The summed E-state index contributed by atoms with van der Waals surface area (Å²) in [5, 5.41) is 2.83. The van der Waals surface area contributed by atoms with Gasteiger partial charge in [-0.25, -0.2) is 0 Å². The Balaban J connectivity index is 0.00000264. The van der Waals surface area contributed by atoms with Crippen LogP contribution in [0.4, 0.5) is 18.9 Å². The Morgan fingerprint density at radius 2 is 1.96 bits per heavy atom. The third-order valence-electron chi connectivity index (χ3n) is 3.21. The summed E-state index contributed by atoms with van der Waals surface area (Å²) in [6.07, 6.45) is 1.91. The number of guanidine groups is 1. The molecule has 0 spiro atoms. The Morgan fingerprint density at radius 3 is 2.52 bits per heavy atom. The Kier molecular flexibility index (Phi) is 7.66. The number of benzene rings is 1. The van der Waals surface area contributed by atoms with Gasteiger partial charge in [0, 0.05) is 12.2 Å². The molecule has 1 aliphatic rings. The topological polar surface area (TPSA) is 59.6 Å². The van der Waals surface area contributed by atoms with Crippen LogP contribution in [0.3, 0.4) is 0 Å². The van der Waals surface area contributed by atoms with E-state index in [0.29, 0.717) is 12.2 Å². The maximum atomic E-state index is 12.0. The molecule has 0 heterocycles. The van der Waals surface area contributed by atoms with Crippen LogP contribution in [0.25, 0.3) is 0 Å². The van der Waals surface area contributed by atoms with Crippen LogP contribution in [0.5, 0.6) is 5.75 Å². The van der Waals surface area contributed by atoms with Crippen molar-refractivity contribution in [3.05, 3.63) is 35.9 Å². The first-order valence-electron chi connectivity index (χ1n) is 7.03. The number of nitrogens with one attached hydrogen (secondary N) is 1. The number of hydrogen-bond acceptors (Lipinski definition) is 2. The minimum Gasteiger partial charge on any atom is -0.406 e. The van der Waals surface area contributed by atoms with Crippen LogP contribution < -0.4 is 15.8 Å². The third kappa shape index (κ3) is 7.58. The van der Waals surface area contributed by atoms with Crippen LogP contribution in [0.15, 0.2) is 40.9 Å². The second-order valence-corrected chi connectivity index (χ2v) is 4.97. The molecule has 0 aromatic heterocycles. The molecule has 0 amide bonds. The molecule has 0 saturated heterocycles. The van der Waals surface area contributed by atoms with E-state index in [1.165, 1.54) is 36.3 Å². The lowest BCUT2D eigenvalue weighted by molar-refractivity contribution is -0.274.